The Kier molecular flexibility index (Phi) is 8.46. The van der Waals surface area contributed by atoms with E-state index in [2.05, 4.69) is 10.3 Å². The van der Waals surface area contributed by atoms with E-state index in [1.165, 1.54) is 10.6 Å². The highest BCUT2D eigenvalue weighted by Crippen LogP contribution is 2.23. The lowest BCUT2D eigenvalue weighted by molar-refractivity contribution is -0.135. The molecule has 10 heteroatoms. The third-order valence-electron chi connectivity index (χ3n) is 5.02. The second kappa shape index (κ2) is 11.3. The Morgan fingerprint density at radius 1 is 1.12 bits per heavy atom. The molecule has 3 rings (SSSR count). The molecule has 0 aliphatic rings. The summed E-state index contributed by atoms with van der Waals surface area (Å²) in [6.45, 7) is -0.0646. The molecular formula is C24H23ClF3N3O3. The first kappa shape index (κ1) is 25.5. The summed E-state index contributed by atoms with van der Waals surface area (Å²) < 4.78 is 39.5. The maximum Gasteiger partial charge on any atom is 0.389 e. The van der Waals surface area contributed by atoms with Crippen LogP contribution in [0.5, 0.6) is 0 Å². The van der Waals surface area contributed by atoms with Crippen molar-refractivity contribution in [3.63, 3.8) is 0 Å². The Morgan fingerprint density at radius 2 is 1.85 bits per heavy atom. The summed E-state index contributed by atoms with van der Waals surface area (Å²) in [6.07, 6.45) is -5.57. The molecule has 0 saturated carbocycles. The van der Waals surface area contributed by atoms with Crippen LogP contribution in [0.1, 0.15) is 34.6 Å². The van der Waals surface area contributed by atoms with Crippen molar-refractivity contribution in [3.8, 4) is 11.3 Å². The number of aliphatic hydroxyl groups excluding tert-OH is 1. The highest BCUT2D eigenvalue weighted by Gasteiger charge is 2.26. The molecule has 0 bridgehead atoms. The largest absolute Gasteiger partial charge is 0.395 e. The van der Waals surface area contributed by atoms with Crippen LogP contribution >= 0.6 is 11.6 Å². The molecule has 6 nitrogen and oxygen atoms in total. The van der Waals surface area contributed by atoms with Crippen molar-refractivity contribution in [3.05, 3.63) is 86.9 Å². The average Bonchev–Trinajstić information content (AvgIpc) is 2.79. The molecule has 0 aliphatic carbocycles. The van der Waals surface area contributed by atoms with Crippen molar-refractivity contribution in [1.82, 2.24) is 14.9 Å². The normalized spacial score (nSPS) is 11.4. The molecule has 0 spiro atoms. The smallest absolute Gasteiger partial charge is 0.389 e. The van der Waals surface area contributed by atoms with Gasteiger partial charge in [0.25, 0.3) is 11.5 Å². The van der Waals surface area contributed by atoms with E-state index in [9.17, 15) is 22.8 Å². The number of nitrogens with zero attached hydrogens (tertiary/aromatic N) is 2. The van der Waals surface area contributed by atoms with E-state index in [1.807, 2.05) is 0 Å². The van der Waals surface area contributed by atoms with Crippen molar-refractivity contribution in [2.45, 2.75) is 32.0 Å². The molecule has 0 aliphatic heterocycles. The van der Waals surface area contributed by atoms with E-state index in [0.29, 0.717) is 27.4 Å². The fraction of sp³-hybridized carbons (Fsp3) is 0.292. The van der Waals surface area contributed by atoms with E-state index in [4.69, 9.17) is 16.7 Å². The molecule has 0 radical (unpaired) electrons. The van der Waals surface area contributed by atoms with Crippen molar-refractivity contribution in [1.29, 1.82) is 0 Å². The highest BCUT2D eigenvalue weighted by atomic mass is 35.5. The number of benzene rings is 2. The molecule has 3 aromatic rings. The Bertz CT molecular complexity index is 1190. The van der Waals surface area contributed by atoms with Gasteiger partial charge in [0.05, 0.1) is 18.8 Å². The van der Waals surface area contributed by atoms with Gasteiger partial charge in [0.2, 0.25) is 0 Å². The van der Waals surface area contributed by atoms with E-state index in [0.717, 1.165) is 0 Å². The zero-order valence-electron chi connectivity index (χ0n) is 18.1. The summed E-state index contributed by atoms with van der Waals surface area (Å²) in [7, 11) is 0. The second-order valence-corrected chi connectivity index (χ2v) is 8.07. The number of alkyl halides is 3. The van der Waals surface area contributed by atoms with E-state index in [1.54, 1.807) is 48.5 Å². The van der Waals surface area contributed by atoms with Gasteiger partial charge in [-0.1, -0.05) is 35.9 Å². The fourth-order valence-electron chi connectivity index (χ4n) is 3.39. The number of aliphatic hydroxyl groups is 1. The van der Waals surface area contributed by atoms with Crippen LogP contribution in [0.4, 0.5) is 13.2 Å². The van der Waals surface area contributed by atoms with Gasteiger partial charge in [-0.25, -0.2) is 4.98 Å². The van der Waals surface area contributed by atoms with Gasteiger partial charge in [0.1, 0.15) is 5.82 Å². The molecule has 0 fully saturated rings. The predicted molar refractivity (Wildman–Crippen MR) is 123 cm³/mol. The maximum atomic E-state index is 13.0. The number of aryl methyl sites for hydroxylation is 1. The molecule has 1 aromatic heterocycles. The predicted octanol–water partition coefficient (Wildman–Crippen LogP) is 4.22. The van der Waals surface area contributed by atoms with Gasteiger partial charge in [-0.3, -0.25) is 14.2 Å². The molecule has 2 N–H and O–H groups in total. The number of carbonyl (C=O) groups is 1. The standard InChI is InChI=1S/C24H23ClF3N3O3/c25-19-8-6-17(7-9-19)20-14-22(33)31(21(30-20)5-2-10-24(26,27)28)15-16-3-1-4-18(13-16)23(34)29-11-12-32/h1,3-4,6-9,13-14,32H,2,5,10-12,15H2,(H,29,34). The van der Waals surface area contributed by atoms with Gasteiger partial charge >= 0.3 is 6.18 Å². The average molecular weight is 494 g/mol. The van der Waals surface area contributed by atoms with E-state index < -0.39 is 18.2 Å². The van der Waals surface area contributed by atoms with Crippen LogP contribution in [-0.4, -0.2) is 39.9 Å². The number of rotatable bonds is 9. The quantitative estimate of drug-likeness (QED) is 0.467. The summed E-state index contributed by atoms with van der Waals surface area (Å²) in [5.41, 5.74) is 1.49. The lowest BCUT2D eigenvalue weighted by Gasteiger charge is -2.15. The number of carbonyl (C=O) groups excluding carboxylic acids is 1. The van der Waals surface area contributed by atoms with Crippen LogP contribution < -0.4 is 10.9 Å². The fourth-order valence-corrected chi connectivity index (χ4v) is 3.52. The summed E-state index contributed by atoms with van der Waals surface area (Å²) in [5.74, 6) is -0.165. The molecule has 0 saturated heterocycles. The Labute approximate surface area is 199 Å². The van der Waals surface area contributed by atoms with E-state index in [-0.39, 0.29) is 44.3 Å². The summed E-state index contributed by atoms with van der Waals surface area (Å²) >= 11 is 5.92. The molecule has 0 atom stereocenters. The highest BCUT2D eigenvalue weighted by molar-refractivity contribution is 6.30. The van der Waals surface area contributed by atoms with Gasteiger partial charge in [-0.2, -0.15) is 13.2 Å². The molecule has 2 aromatic carbocycles. The molecular weight excluding hydrogens is 471 g/mol. The number of amides is 1. The molecule has 1 amide bonds. The van der Waals surface area contributed by atoms with Gasteiger partial charge in [0.15, 0.2) is 0 Å². The third kappa shape index (κ3) is 7.16. The van der Waals surface area contributed by atoms with Gasteiger partial charge in [-0.05, 0) is 36.2 Å². The van der Waals surface area contributed by atoms with Crippen LogP contribution in [0.25, 0.3) is 11.3 Å². The van der Waals surface area contributed by atoms with Crippen LogP contribution in [0.3, 0.4) is 0 Å². The summed E-state index contributed by atoms with van der Waals surface area (Å²) in [6, 6.07) is 14.5. The zero-order chi connectivity index (χ0) is 24.7. The topological polar surface area (TPSA) is 84.2 Å². The molecule has 1 heterocycles. The first-order valence-corrected chi connectivity index (χ1v) is 11.0. The second-order valence-electron chi connectivity index (χ2n) is 7.64. The number of aromatic nitrogens is 2. The molecule has 180 valence electrons. The van der Waals surface area contributed by atoms with Crippen molar-refractivity contribution < 1.29 is 23.1 Å². The van der Waals surface area contributed by atoms with Crippen molar-refractivity contribution in [2.24, 2.45) is 0 Å². The van der Waals surface area contributed by atoms with Crippen LogP contribution in [0, 0.1) is 0 Å². The Hall–Kier alpha value is -3.17. The number of hydrogen-bond donors (Lipinski definition) is 2. The summed E-state index contributed by atoms with van der Waals surface area (Å²) in [5, 5.41) is 11.9. The van der Waals surface area contributed by atoms with Gasteiger partial charge in [-0.15, -0.1) is 0 Å². The van der Waals surface area contributed by atoms with Gasteiger partial charge in [0, 0.05) is 41.6 Å². The first-order chi connectivity index (χ1) is 16.2. The zero-order valence-corrected chi connectivity index (χ0v) is 18.9. The lowest BCUT2D eigenvalue weighted by Crippen LogP contribution is -2.27. The Balaban J connectivity index is 1.94. The monoisotopic (exact) mass is 493 g/mol. The molecule has 34 heavy (non-hydrogen) atoms. The van der Waals surface area contributed by atoms with Crippen LogP contribution in [0.15, 0.2) is 59.4 Å². The Morgan fingerprint density at radius 3 is 2.53 bits per heavy atom. The van der Waals surface area contributed by atoms with Crippen LogP contribution in [-0.2, 0) is 13.0 Å². The van der Waals surface area contributed by atoms with Gasteiger partial charge < -0.3 is 10.4 Å². The summed E-state index contributed by atoms with van der Waals surface area (Å²) in [4.78, 5) is 29.7. The number of halogens is 4. The number of hydrogen-bond acceptors (Lipinski definition) is 4. The van der Waals surface area contributed by atoms with E-state index >= 15 is 0 Å². The maximum absolute atomic E-state index is 13.0. The van der Waals surface area contributed by atoms with Crippen molar-refractivity contribution >= 4 is 17.5 Å². The lowest BCUT2D eigenvalue weighted by atomic mass is 10.1. The first-order valence-electron chi connectivity index (χ1n) is 10.6. The number of nitrogens with one attached hydrogen (secondary N) is 1. The minimum atomic E-state index is -4.31. The SMILES string of the molecule is O=C(NCCO)c1cccc(Cn2c(CCCC(F)(F)F)nc(-c3ccc(Cl)cc3)cc2=O)c1. The third-order valence-corrected chi connectivity index (χ3v) is 5.27. The minimum absolute atomic E-state index is 0.0369. The minimum Gasteiger partial charge on any atom is -0.395 e. The molecule has 0 unspecified atom stereocenters. The van der Waals surface area contributed by atoms with Crippen LogP contribution in [0.2, 0.25) is 5.02 Å². The van der Waals surface area contributed by atoms with Crippen molar-refractivity contribution in [2.75, 3.05) is 13.2 Å².